The number of urea groups is 1. The summed E-state index contributed by atoms with van der Waals surface area (Å²) in [6.07, 6.45) is -18.5. The molecule has 2 fully saturated rings. The molecule has 6 heterocycles. The standard InChI is InChI=1S/C54H81N17O21S3/c1-19-32(67-44(71-43(19)57)24(11-30(56)75)62-12-23(55)51(86)87)48(84)69-35(41(25-13-59-18-63-25)91-53-42(40(80)38(78)29(15-73)90-53)92-52-39(79)34(70-54(58)88)37(77)28(14-72)89-52)49(85)64-21(3)36(76)20(2)45(81)68-33(22(4)74)47(83)61-9-7-31-65-27(17-94-31)50-66-26(16-95-50)46(82)60-8-6-10-93-5/h13,16-18,20-24,28-29,33-42,52-53,62,72-74,76-80H,6-12,14-15,55H2,1-5H3,(H2,56,75)(H,59,63)(H,60,82)(H,61,83)(H,64,85)(H,68,81)(H,69,84)(H,86,87)(H2,57,67,71)(H3,58,70,88)/t20-,21+,22+,23-,24-,28+,29-,33-,34-,35-,36-,37+,38+,39-,40-,41-,42-,52+,53-/m0/s1. The third-order valence-corrected chi connectivity index (χ3v) is 17.6. The molecule has 6 rings (SSSR count). The third-order valence-electron chi connectivity index (χ3n) is 15.1. The van der Waals surface area contributed by atoms with Gasteiger partial charge in [-0.1, -0.05) is 6.92 Å². The number of nitrogen functional groups attached to an aromatic ring is 1. The number of amides is 8. The maximum Gasteiger partial charge on any atom is 0.321 e. The monoisotopic (exact) mass is 1400 g/mol. The van der Waals surface area contributed by atoms with Crippen molar-refractivity contribution in [3.63, 3.8) is 0 Å². The molecule has 8 amide bonds. The van der Waals surface area contributed by atoms with Crippen LogP contribution >= 0.6 is 34.4 Å². The van der Waals surface area contributed by atoms with Crippen molar-refractivity contribution in [1.82, 2.24) is 67.1 Å². The van der Waals surface area contributed by atoms with Crippen LogP contribution < -0.4 is 60.2 Å². The van der Waals surface area contributed by atoms with Gasteiger partial charge >= 0.3 is 12.0 Å². The number of aliphatic hydroxyl groups is 8. The Balaban J connectivity index is 1.27. The molecule has 38 nitrogen and oxygen atoms in total. The fourth-order valence-corrected chi connectivity index (χ4v) is 11.8. The molecular weight excluding hydrogens is 1320 g/mol. The smallest absolute Gasteiger partial charge is 0.321 e. The van der Waals surface area contributed by atoms with E-state index < -0.39 is 189 Å². The van der Waals surface area contributed by atoms with Gasteiger partial charge in [0.05, 0.1) is 72.7 Å². The molecule has 2 aliphatic heterocycles. The number of carbonyl (C=O) groups is 8. The second-order valence-electron chi connectivity index (χ2n) is 22.2. The van der Waals surface area contributed by atoms with Crippen LogP contribution in [0.15, 0.2) is 23.3 Å². The highest BCUT2D eigenvalue weighted by Crippen LogP contribution is 2.34. The Morgan fingerprint density at radius 1 is 0.811 bits per heavy atom. The van der Waals surface area contributed by atoms with Crippen LogP contribution in [0.25, 0.3) is 10.7 Å². The number of rotatable bonds is 35. The van der Waals surface area contributed by atoms with Gasteiger partial charge in [0.25, 0.3) is 11.8 Å². The van der Waals surface area contributed by atoms with Gasteiger partial charge in [-0.05, 0) is 39.2 Å². The van der Waals surface area contributed by atoms with E-state index in [2.05, 4.69) is 67.1 Å². The molecule has 0 spiro atoms. The number of ether oxygens (including phenoxy) is 4. The van der Waals surface area contributed by atoms with E-state index in [9.17, 15) is 79.5 Å². The molecule has 0 unspecified atom stereocenters. The maximum absolute atomic E-state index is 15.2. The zero-order chi connectivity index (χ0) is 70.1. The highest BCUT2D eigenvalue weighted by Gasteiger charge is 2.53. The van der Waals surface area contributed by atoms with Crippen molar-refractivity contribution in [1.29, 1.82) is 0 Å². The number of anilines is 1. The average molecular weight is 1400 g/mol. The van der Waals surface area contributed by atoms with E-state index >= 15 is 4.79 Å². The highest BCUT2D eigenvalue weighted by atomic mass is 32.2. The molecule has 41 heteroatoms. The highest BCUT2D eigenvalue weighted by molar-refractivity contribution is 7.98. The summed E-state index contributed by atoms with van der Waals surface area (Å²) in [5, 5.41) is 120. The number of thioether (sulfide) groups is 1. The van der Waals surface area contributed by atoms with Crippen LogP contribution in [-0.4, -0.2) is 266 Å². The topological polar surface area (TPSA) is 624 Å². The Labute approximate surface area is 553 Å². The summed E-state index contributed by atoms with van der Waals surface area (Å²) in [5.41, 5.74) is 22.6. The minimum Gasteiger partial charge on any atom is -0.480 e. The normalized spacial score (nSPS) is 24.1. The van der Waals surface area contributed by atoms with Crippen LogP contribution in [0, 0.1) is 12.8 Å². The molecule has 0 radical (unpaired) electrons. The summed E-state index contributed by atoms with van der Waals surface area (Å²) < 4.78 is 23.9. The summed E-state index contributed by atoms with van der Waals surface area (Å²) in [6.45, 7) is 3.05. The summed E-state index contributed by atoms with van der Waals surface area (Å²) in [5.74, 6) is -8.41. The number of aliphatic carboxylic acids is 1. The number of nitrogens with one attached hydrogen (secondary N) is 8. The number of aromatic amines is 1. The number of carbonyl (C=O) groups excluding carboxylic acids is 7. The van der Waals surface area contributed by atoms with Gasteiger partial charge in [0.15, 0.2) is 12.6 Å². The first-order valence-electron chi connectivity index (χ1n) is 29.5. The van der Waals surface area contributed by atoms with Gasteiger partial charge in [-0.3, -0.25) is 33.6 Å². The molecule has 4 aromatic rings. The van der Waals surface area contributed by atoms with Gasteiger partial charge in [0.1, 0.15) is 101 Å². The number of nitrogens with zero attached hydrogens (tertiary/aromatic N) is 5. The number of aromatic nitrogens is 6. The van der Waals surface area contributed by atoms with E-state index in [1.807, 2.05) is 6.26 Å². The fraction of sp³-hybridized carbons (Fsp3) is 0.611. The lowest BCUT2D eigenvalue weighted by Gasteiger charge is -2.47. The third kappa shape index (κ3) is 20.4. The summed E-state index contributed by atoms with van der Waals surface area (Å²) in [6, 6.07) is -11.1. The van der Waals surface area contributed by atoms with Crippen LogP contribution in [0.1, 0.15) is 88.8 Å². The number of hydrogen-bond donors (Lipinski definition) is 21. The van der Waals surface area contributed by atoms with Crippen LogP contribution in [0.4, 0.5) is 10.6 Å². The van der Waals surface area contributed by atoms with E-state index in [0.717, 1.165) is 24.7 Å². The lowest BCUT2D eigenvalue weighted by molar-refractivity contribution is -0.366. The molecule has 526 valence electrons. The van der Waals surface area contributed by atoms with Crippen molar-refractivity contribution in [2.24, 2.45) is 23.1 Å². The number of primary amides is 2. The lowest BCUT2D eigenvalue weighted by Crippen LogP contribution is -2.68. The summed E-state index contributed by atoms with van der Waals surface area (Å²) in [7, 11) is 0. The molecule has 0 bridgehead atoms. The van der Waals surface area contributed by atoms with Gasteiger partial charge in [-0.2, -0.15) is 11.8 Å². The Morgan fingerprint density at radius 2 is 1.51 bits per heavy atom. The Bertz CT molecular complexity index is 3250. The van der Waals surface area contributed by atoms with Gasteiger partial charge in [-0.25, -0.2) is 29.7 Å². The van der Waals surface area contributed by atoms with E-state index in [1.165, 1.54) is 50.4 Å². The van der Waals surface area contributed by atoms with Crippen molar-refractivity contribution >= 4 is 87.7 Å². The average Bonchev–Trinajstić information content (AvgIpc) is 1.31. The molecule has 2 aliphatic rings. The van der Waals surface area contributed by atoms with Gasteiger partial charge in [0.2, 0.25) is 23.6 Å². The molecule has 0 aliphatic carbocycles. The first-order chi connectivity index (χ1) is 45.0. The Hall–Kier alpha value is -7.30. The first kappa shape index (κ1) is 76.7. The molecule has 25 N–H and O–H groups in total. The summed E-state index contributed by atoms with van der Waals surface area (Å²) >= 11 is 4.18. The van der Waals surface area contributed by atoms with Crippen molar-refractivity contribution in [2.75, 3.05) is 50.6 Å². The van der Waals surface area contributed by atoms with E-state index in [-0.39, 0.29) is 47.5 Å². The van der Waals surface area contributed by atoms with Crippen LogP contribution in [0.5, 0.6) is 0 Å². The largest absolute Gasteiger partial charge is 0.480 e. The number of H-pyrrole nitrogens is 1. The molecule has 4 aromatic heterocycles. The maximum atomic E-state index is 15.2. The number of nitrogens with two attached hydrogens (primary N) is 4. The number of carboxylic acid groups (broad SMARTS) is 1. The van der Waals surface area contributed by atoms with E-state index in [1.54, 1.807) is 22.5 Å². The predicted molar refractivity (Wildman–Crippen MR) is 334 cm³/mol. The molecular formula is C54H81N17O21S3. The quantitative estimate of drug-likeness (QED) is 0.0190. The van der Waals surface area contributed by atoms with Gasteiger partial charge in [-0.15, -0.1) is 22.7 Å². The Morgan fingerprint density at radius 3 is 2.14 bits per heavy atom. The minimum absolute atomic E-state index is 0.00739. The minimum atomic E-state index is -2.18. The second-order valence-corrected chi connectivity index (χ2v) is 25.0. The van der Waals surface area contributed by atoms with Crippen LogP contribution in [0.3, 0.4) is 0 Å². The van der Waals surface area contributed by atoms with Crippen LogP contribution in [-0.2, 0) is 49.3 Å². The van der Waals surface area contributed by atoms with Gasteiger partial charge in [0, 0.05) is 48.8 Å². The SMILES string of the molecule is CSCCCNC(=O)c1csc(-c2csc(CCNC(=O)[C@@H](NC(=O)[C@@H](C)[C@H](O)[C@@H](C)NC(=O)[C@@H](NC(=O)c3nc([C@H](CC(N)=O)NC[C@H](N)C(=O)O)nc(N)c3C)[C@@H](O[C@@H]3O[C@@H](CO)[C@@H](O)[C@H](O)[C@@H]3O[C@H]3O[C@H](CO)[C@@H](O)[C@H](NC(N)=O)[C@@H]3O)c3cnc[nH]3)[C@@H](C)O)n2)n1. The van der Waals surface area contributed by atoms with Gasteiger partial charge < -0.3 is 130 Å². The number of imidazole rings is 1. The lowest BCUT2D eigenvalue weighted by atomic mass is 9.95. The Kier molecular flexibility index (Phi) is 28.8. The fourth-order valence-electron chi connectivity index (χ4n) is 9.74. The van der Waals surface area contributed by atoms with Crippen molar-refractivity contribution in [3.8, 4) is 10.7 Å². The summed E-state index contributed by atoms with van der Waals surface area (Å²) in [4.78, 5) is 130. The molecule has 95 heavy (non-hydrogen) atoms. The number of hydrogen-bond acceptors (Lipinski definition) is 31. The molecule has 0 aromatic carbocycles. The van der Waals surface area contributed by atoms with E-state index in [4.69, 9.17) is 41.9 Å². The molecule has 2 saturated heterocycles. The second kappa shape index (κ2) is 35.6. The van der Waals surface area contributed by atoms with Crippen molar-refractivity contribution in [2.45, 2.75) is 157 Å². The first-order valence-corrected chi connectivity index (χ1v) is 32.6. The molecule has 0 saturated carbocycles. The van der Waals surface area contributed by atoms with E-state index in [0.29, 0.717) is 22.3 Å². The number of thiazole rings is 2. The van der Waals surface area contributed by atoms with Crippen LogP contribution in [0.2, 0.25) is 0 Å². The predicted octanol–water partition coefficient (Wildman–Crippen LogP) is -7.05. The number of carboxylic acids is 1. The zero-order valence-corrected chi connectivity index (χ0v) is 54.3. The molecule has 19 atom stereocenters. The van der Waals surface area contributed by atoms with Crippen molar-refractivity contribution in [3.05, 3.63) is 56.8 Å². The number of aliphatic hydroxyl groups excluding tert-OH is 8. The zero-order valence-electron chi connectivity index (χ0n) is 51.8. The van der Waals surface area contributed by atoms with Crippen molar-refractivity contribution < 1.29 is 103 Å².